The summed E-state index contributed by atoms with van der Waals surface area (Å²) in [5, 5.41) is 7.65. The lowest BCUT2D eigenvalue weighted by molar-refractivity contribution is -0.109. The van der Waals surface area contributed by atoms with E-state index in [9.17, 15) is 4.79 Å². The summed E-state index contributed by atoms with van der Waals surface area (Å²) in [7, 11) is 2.15. The molecule has 7 nitrogen and oxygen atoms in total. The summed E-state index contributed by atoms with van der Waals surface area (Å²) in [5.41, 5.74) is 5.65. The SMILES string of the molecule is CN1CCN(CC2=Nc3cccc4c3C(=NNC4C=O)N2)CC1. The number of nitrogens with zero attached hydrogens (tertiary/aromatic N) is 4. The number of aldehydes is 1. The summed E-state index contributed by atoms with van der Waals surface area (Å²) in [6.45, 7) is 5.03. The fourth-order valence-corrected chi connectivity index (χ4v) is 3.22. The number of hydrogen-bond acceptors (Lipinski definition) is 7. The third kappa shape index (κ3) is 2.62. The molecule has 0 aliphatic carbocycles. The first kappa shape index (κ1) is 14.3. The van der Waals surface area contributed by atoms with Crippen molar-refractivity contribution in [1.29, 1.82) is 0 Å². The van der Waals surface area contributed by atoms with Crippen molar-refractivity contribution < 1.29 is 4.79 Å². The first-order chi connectivity index (χ1) is 11.2. The van der Waals surface area contributed by atoms with E-state index in [-0.39, 0.29) is 0 Å². The number of hydrogen-bond donors (Lipinski definition) is 2. The number of likely N-dealkylation sites (N-methyl/N-ethyl adjacent to an activating group) is 1. The van der Waals surface area contributed by atoms with Crippen molar-refractivity contribution in [3.05, 3.63) is 29.3 Å². The van der Waals surface area contributed by atoms with E-state index < -0.39 is 6.04 Å². The van der Waals surface area contributed by atoms with Crippen LogP contribution >= 0.6 is 0 Å². The van der Waals surface area contributed by atoms with Gasteiger partial charge in [-0.1, -0.05) is 12.1 Å². The maximum atomic E-state index is 11.2. The van der Waals surface area contributed by atoms with Crippen LogP contribution in [0.5, 0.6) is 0 Å². The monoisotopic (exact) mass is 312 g/mol. The van der Waals surface area contributed by atoms with Crippen molar-refractivity contribution in [3.8, 4) is 0 Å². The number of rotatable bonds is 3. The van der Waals surface area contributed by atoms with Crippen LogP contribution in [0.4, 0.5) is 5.69 Å². The van der Waals surface area contributed by atoms with Gasteiger partial charge in [-0.05, 0) is 18.7 Å². The third-order valence-corrected chi connectivity index (χ3v) is 4.59. The maximum absolute atomic E-state index is 11.2. The summed E-state index contributed by atoms with van der Waals surface area (Å²) >= 11 is 0. The number of benzene rings is 1. The minimum Gasteiger partial charge on any atom is -0.325 e. The highest BCUT2D eigenvalue weighted by Crippen LogP contribution is 2.31. The lowest BCUT2D eigenvalue weighted by atomic mass is 9.96. The van der Waals surface area contributed by atoms with E-state index in [1.807, 2.05) is 18.2 Å². The molecule has 0 saturated carbocycles. The molecule has 4 rings (SSSR count). The Bertz CT molecular complexity index is 690. The normalized spacial score (nSPS) is 24.0. The van der Waals surface area contributed by atoms with E-state index >= 15 is 0 Å². The minimum absolute atomic E-state index is 0.398. The van der Waals surface area contributed by atoms with Gasteiger partial charge in [0, 0.05) is 26.2 Å². The second kappa shape index (κ2) is 5.75. The highest BCUT2D eigenvalue weighted by atomic mass is 16.1. The van der Waals surface area contributed by atoms with Gasteiger partial charge in [0.05, 0.1) is 17.8 Å². The second-order valence-corrected chi connectivity index (χ2v) is 6.21. The highest BCUT2D eigenvalue weighted by molar-refractivity contribution is 6.17. The number of amidine groups is 2. The van der Waals surface area contributed by atoms with Gasteiger partial charge in [0.25, 0.3) is 0 Å². The maximum Gasteiger partial charge on any atom is 0.161 e. The minimum atomic E-state index is -0.398. The van der Waals surface area contributed by atoms with Crippen LogP contribution in [0, 0.1) is 0 Å². The molecule has 3 heterocycles. The van der Waals surface area contributed by atoms with Gasteiger partial charge in [-0.15, -0.1) is 0 Å². The van der Waals surface area contributed by atoms with Crippen LogP contribution in [-0.4, -0.2) is 67.5 Å². The Morgan fingerprint density at radius 2 is 2.13 bits per heavy atom. The van der Waals surface area contributed by atoms with Gasteiger partial charge in [-0.2, -0.15) is 5.10 Å². The van der Waals surface area contributed by atoms with Gasteiger partial charge in [-0.3, -0.25) is 10.3 Å². The molecule has 1 aromatic carbocycles. The molecule has 3 aliphatic heterocycles. The largest absolute Gasteiger partial charge is 0.325 e. The van der Waals surface area contributed by atoms with Crippen LogP contribution in [0.3, 0.4) is 0 Å². The van der Waals surface area contributed by atoms with Gasteiger partial charge in [0.1, 0.15) is 18.2 Å². The van der Waals surface area contributed by atoms with Crippen molar-refractivity contribution in [1.82, 2.24) is 20.5 Å². The van der Waals surface area contributed by atoms with Crippen molar-refractivity contribution in [2.45, 2.75) is 6.04 Å². The van der Waals surface area contributed by atoms with Crippen LogP contribution in [0.2, 0.25) is 0 Å². The summed E-state index contributed by atoms with van der Waals surface area (Å²) in [6, 6.07) is 5.47. The number of carbonyl (C=O) groups is 1. The molecule has 1 atom stereocenters. The predicted molar refractivity (Wildman–Crippen MR) is 89.1 cm³/mol. The van der Waals surface area contributed by atoms with Gasteiger partial charge in [-0.25, -0.2) is 4.99 Å². The third-order valence-electron chi connectivity index (χ3n) is 4.59. The molecular weight excluding hydrogens is 292 g/mol. The van der Waals surface area contributed by atoms with Gasteiger partial charge in [0.15, 0.2) is 5.84 Å². The number of hydrazone groups is 1. The van der Waals surface area contributed by atoms with Crippen LogP contribution in [0.25, 0.3) is 0 Å². The van der Waals surface area contributed by atoms with Crippen LogP contribution in [0.1, 0.15) is 17.2 Å². The molecule has 1 saturated heterocycles. The summed E-state index contributed by atoms with van der Waals surface area (Å²) < 4.78 is 0. The van der Waals surface area contributed by atoms with Crippen LogP contribution in [-0.2, 0) is 4.79 Å². The molecule has 2 N–H and O–H groups in total. The average molecular weight is 312 g/mol. The first-order valence-electron chi connectivity index (χ1n) is 7.92. The molecule has 1 unspecified atom stereocenters. The molecule has 0 radical (unpaired) electrons. The van der Waals surface area contributed by atoms with Gasteiger partial charge in [0.2, 0.25) is 0 Å². The number of aliphatic imine (C=N–C) groups is 1. The molecule has 1 fully saturated rings. The van der Waals surface area contributed by atoms with Gasteiger partial charge < -0.3 is 15.0 Å². The Labute approximate surface area is 135 Å². The molecule has 23 heavy (non-hydrogen) atoms. The molecule has 0 spiro atoms. The lowest BCUT2D eigenvalue weighted by Gasteiger charge is -2.34. The van der Waals surface area contributed by atoms with E-state index in [0.29, 0.717) is 0 Å². The molecule has 0 bridgehead atoms. The fraction of sp³-hybridized carbons (Fsp3) is 0.438. The van der Waals surface area contributed by atoms with Crippen molar-refractivity contribution >= 4 is 23.6 Å². The zero-order valence-electron chi connectivity index (χ0n) is 13.1. The Morgan fingerprint density at radius 1 is 1.30 bits per heavy atom. The topological polar surface area (TPSA) is 72.3 Å². The van der Waals surface area contributed by atoms with E-state index in [1.54, 1.807) is 0 Å². The number of carbonyl (C=O) groups excluding carboxylic acids is 1. The number of piperazine rings is 1. The van der Waals surface area contributed by atoms with Crippen LogP contribution in [0.15, 0.2) is 28.3 Å². The van der Waals surface area contributed by atoms with Crippen molar-refractivity contribution in [2.24, 2.45) is 10.1 Å². The molecule has 3 aliphatic rings. The molecule has 0 aromatic heterocycles. The van der Waals surface area contributed by atoms with E-state index in [2.05, 4.69) is 32.7 Å². The molecule has 120 valence electrons. The van der Waals surface area contributed by atoms with E-state index in [4.69, 9.17) is 4.99 Å². The first-order valence-corrected chi connectivity index (χ1v) is 7.92. The Morgan fingerprint density at radius 3 is 2.91 bits per heavy atom. The van der Waals surface area contributed by atoms with Gasteiger partial charge >= 0.3 is 0 Å². The number of nitrogens with one attached hydrogen (secondary N) is 2. The van der Waals surface area contributed by atoms with E-state index in [0.717, 1.165) is 67.5 Å². The zero-order valence-corrected chi connectivity index (χ0v) is 13.1. The predicted octanol–water partition coefficient (Wildman–Crippen LogP) is 0.0720. The summed E-state index contributed by atoms with van der Waals surface area (Å²) in [5.74, 6) is 1.66. The molecular formula is C16H20N6O. The average Bonchev–Trinajstić information content (AvgIpc) is 2.57. The Balaban J connectivity index is 1.61. The summed E-state index contributed by atoms with van der Waals surface area (Å²) in [4.78, 5) is 20.7. The molecule has 7 heteroatoms. The van der Waals surface area contributed by atoms with Crippen molar-refractivity contribution in [3.63, 3.8) is 0 Å². The standard InChI is InChI=1S/C16H20N6O/c1-21-5-7-22(8-6-21)9-14-17-12-4-2-3-11-13(10-23)19-20-16(18-14)15(11)12/h2-4,10,13,19H,5-9H2,1H3,(H,17,18,20). The highest BCUT2D eigenvalue weighted by Gasteiger charge is 2.29. The quantitative estimate of drug-likeness (QED) is 0.773. The summed E-state index contributed by atoms with van der Waals surface area (Å²) in [6.07, 6.45) is 0.874. The smallest absolute Gasteiger partial charge is 0.161 e. The Hall–Kier alpha value is -2.25. The van der Waals surface area contributed by atoms with E-state index in [1.165, 1.54) is 0 Å². The van der Waals surface area contributed by atoms with Crippen molar-refractivity contribution in [2.75, 3.05) is 39.8 Å². The fourth-order valence-electron chi connectivity index (χ4n) is 3.22. The molecule has 0 amide bonds. The second-order valence-electron chi connectivity index (χ2n) is 6.21. The Kier molecular flexibility index (Phi) is 3.59. The lowest BCUT2D eigenvalue weighted by Crippen LogP contribution is -2.50. The zero-order chi connectivity index (χ0) is 15.8. The van der Waals surface area contributed by atoms with Crippen LogP contribution < -0.4 is 10.7 Å². The molecule has 1 aromatic rings.